The summed E-state index contributed by atoms with van der Waals surface area (Å²) in [5.41, 5.74) is 3.32. The number of carbonyl (C=O) groups is 1. The molecule has 9 heteroatoms. The van der Waals surface area contributed by atoms with Crippen LogP contribution in [0.2, 0.25) is 0 Å². The number of nitro groups is 1. The van der Waals surface area contributed by atoms with Crippen LogP contribution in [0.4, 0.5) is 11.5 Å². The summed E-state index contributed by atoms with van der Waals surface area (Å²) in [6, 6.07) is 12.8. The lowest BCUT2D eigenvalue weighted by Gasteiger charge is -2.35. The summed E-state index contributed by atoms with van der Waals surface area (Å²) >= 11 is 1.36. The predicted molar refractivity (Wildman–Crippen MR) is 107 cm³/mol. The van der Waals surface area contributed by atoms with Gasteiger partial charge in [-0.1, -0.05) is 30.3 Å². The molecule has 0 spiro atoms. The molecule has 1 amide bonds. The highest BCUT2D eigenvalue weighted by molar-refractivity contribution is 7.12. The number of carbonyl (C=O) groups excluding carboxylic acids is 1. The van der Waals surface area contributed by atoms with Crippen LogP contribution in [-0.2, 0) is 0 Å². The maximum atomic E-state index is 13.0. The number of aromatic nitrogens is 2. The molecule has 0 atom stereocenters. The molecule has 142 valence electrons. The van der Waals surface area contributed by atoms with Gasteiger partial charge in [0.25, 0.3) is 11.6 Å². The van der Waals surface area contributed by atoms with Gasteiger partial charge in [0.2, 0.25) is 0 Å². The molecule has 8 nitrogen and oxygen atoms in total. The molecule has 3 aromatic rings. The fraction of sp³-hybridized carbons (Fsp3) is 0.211. The molecule has 1 fully saturated rings. The van der Waals surface area contributed by atoms with Crippen LogP contribution in [0.25, 0.3) is 11.3 Å². The van der Waals surface area contributed by atoms with Gasteiger partial charge in [0.15, 0.2) is 0 Å². The van der Waals surface area contributed by atoms with Gasteiger partial charge in [-0.05, 0) is 6.07 Å². The van der Waals surface area contributed by atoms with E-state index in [9.17, 15) is 14.9 Å². The highest BCUT2D eigenvalue weighted by Gasteiger charge is 2.26. The highest BCUT2D eigenvalue weighted by atomic mass is 32.1. The first-order valence-electron chi connectivity index (χ1n) is 8.77. The minimum atomic E-state index is -0.466. The van der Waals surface area contributed by atoms with Gasteiger partial charge in [-0.2, -0.15) is 0 Å². The van der Waals surface area contributed by atoms with Crippen LogP contribution in [0.3, 0.4) is 0 Å². The van der Waals surface area contributed by atoms with Crippen molar-refractivity contribution in [1.29, 1.82) is 0 Å². The first-order chi connectivity index (χ1) is 13.6. The molecule has 0 bridgehead atoms. The monoisotopic (exact) mass is 395 g/mol. The van der Waals surface area contributed by atoms with Crippen molar-refractivity contribution in [3.05, 3.63) is 69.2 Å². The summed E-state index contributed by atoms with van der Waals surface area (Å²) in [7, 11) is 0. The second kappa shape index (κ2) is 7.73. The number of benzene rings is 1. The summed E-state index contributed by atoms with van der Waals surface area (Å²) in [6.45, 7) is 2.36. The molecule has 0 aliphatic carbocycles. The first-order valence-corrected chi connectivity index (χ1v) is 9.65. The lowest BCUT2D eigenvalue weighted by molar-refractivity contribution is -0.385. The number of hydrogen-bond donors (Lipinski definition) is 0. The Labute approximate surface area is 165 Å². The van der Waals surface area contributed by atoms with E-state index in [2.05, 4.69) is 9.97 Å². The second-order valence-electron chi connectivity index (χ2n) is 6.31. The molecule has 0 radical (unpaired) electrons. The van der Waals surface area contributed by atoms with E-state index in [0.29, 0.717) is 36.9 Å². The van der Waals surface area contributed by atoms with Gasteiger partial charge in [-0.15, -0.1) is 11.3 Å². The molecule has 1 aliphatic heterocycles. The van der Waals surface area contributed by atoms with Crippen LogP contribution < -0.4 is 4.90 Å². The molecule has 0 N–H and O–H groups in total. The zero-order valence-electron chi connectivity index (χ0n) is 14.9. The summed E-state index contributed by atoms with van der Waals surface area (Å²) in [5, 5.41) is 10.8. The van der Waals surface area contributed by atoms with Crippen molar-refractivity contribution in [2.24, 2.45) is 0 Å². The molecule has 2 aromatic heterocycles. The van der Waals surface area contributed by atoms with Crippen molar-refractivity contribution >= 4 is 28.7 Å². The van der Waals surface area contributed by atoms with Gasteiger partial charge >= 0.3 is 0 Å². The van der Waals surface area contributed by atoms with Gasteiger partial charge < -0.3 is 9.80 Å². The van der Waals surface area contributed by atoms with E-state index >= 15 is 0 Å². The Morgan fingerprint density at radius 1 is 1.04 bits per heavy atom. The normalized spacial score (nSPS) is 14.1. The van der Waals surface area contributed by atoms with E-state index in [1.165, 1.54) is 23.6 Å². The molecule has 1 saturated heterocycles. The van der Waals surface area contributed by atoms with Gasteiger partial charge in [0, 0.05) is 37.8 Å². The standard InChI is InChI=1S/C19H17N5O3S/c25-19(18-17(21-13-28-18)14-4-2-1-3-5-14)23-10-8-22(9-11-23)16-7-6-15(12-20-16)24(26)27/h1-7,12-13H,8-11H2. The minimum Gasteiger partial charge on any atom is -0.353 e. The van der Waals surface area contributed by atoms with Crippen molar-refractivity contribution in [3.63, 3.8) is 0 Å². The number of nitrogens with zero attached hydrogens (tertiary/aromatic N) is 5. The Kier molecular flexibility index (Phi) is 4.98. The average molecular weight is 395 g/mol. The van der Waals surface area contributed by atoms with E-state index < -0.39 is 4.92 Å². The van der Waals surface area contributed by atoms with Gasteiger partial charge in [0.05, 0.1) is 16.1 Å². The van der Waals surface area contributed by atoms with Crippen LogP contribution in [0.1, 0.15) is 9.67 Å². The first kappa shape index (κ1) is 18.1. The Morgan fingerprint density at radius 3 is 2.43 bits per heavy atom. The number of pyridine rings is 1. The fourth-order valence-electron chi connectivity index (χ4n) is 3.16. The number of amides is 1. The number of thiazole rings is 1. The van der Waals surface area contributed by atoms with E-state index in [4.69, 9.17) is 0 Å². The highest BCUT2D eigenvalue weighted by Crippen LogP contribution is 2.27. The van der Waals surface area contributed by atoms with Crippen LogP contribution >= 0.6 is 11.3 Å². The third-order valence-electron chi connectivity index (χ3n) is 4.64. The number of rotatable bonds is 4. The number of piperazine rings is 1. The SMILES string of the molecule is O=C(c1scnc1-c1ccccc1)N1CCN(c2ccc([N+](=O)[O-])cn2)CC1. The lowest BCUT2D eigenvalue weighted by Crippen LogP contribution is -2.49. The molecule has 0 unspecified atom stereocenters. The second-order valence-corrected chi connectivity index (χ2v) is 7.16. The predicted octanol–water partition coefficient (Wildman–Crippen LogP) is 3.08. The zero-order chi connectivity index (χ0) is 19.5. The van der Waals surface area contributed by atoms with Gasteiger partial charge in [0.1, 0.15) is 16.9 Å². The summed E-state index contributed by atoms with van der Waals surface area (Å²) in [5.74, 6) is 0.665. The molecular weight excluding hydrogens is 378 g/mol. The quantitative estimate of drug-likeness (QED) is 0.498. The van der Waals surface area contributed by atoms with E-state index in [0.717, 1.165) is 11.3 Å². The van der Waals surface area contributed by atoms with Crippen molar-refractivity contribution in [2.45, 2.75) is 0 Å². The largest absolute Gasteiger partial charge is 0.353 e. The van der Waals surface area contributed by atoms with Crippen molar-refractivity contribution < 1.29 is 9.72 Å². The topological polar surface area (TPSA) is 92.5 Å². The van der Waals surface area contributed by atoms with E-state index in [-0.39, 0.29) is 11.6 Å². The summed E-state index contributed by atoms with van der Waals surface area (Å²) in [4.78, 5) is 36.3. The van der Waals surface area contributed by atoms with Crippen molar-refractivity contribution in [3.8, 4) is 11.3 Å². The maximum Gasteiger partial charge on any atom is 0.287 e. The fourth-order valence-corrected chi connectivity index (χ4v) is 3.93. The summed E-state index contributed by atoms with van der Waals surface area (Å²) in [6.07, 6.45) is 1.26. The Morgan fingerprint density at radius 2 is 1.79 bits per heavy atom. The third kappa shape index (κ3) is 3.56. The molecular formula is C19H17N5O3S. The minimum absolute atomic E-state index is 0.0161. The molecule has 28 heavy (non-hydrogen) atoms. The summed E-state index contributed by atoms with van der Waals surface area (Å²) < 4.78 is 0. The molecule has 1 aliphatic rings. The van der Waals surface area contributed by atoms with E-state index in [1.807, 2.05) is 40.1 Å². The van der Waals surface area contributed by atoms with Crippen LogP contribution in [0, 0.1) is 10.1 Å². The zero-order valence-corrected chi connectivity index (χ0v) is 15.7. The van der Waals surface area contributed by atoms with Gasteiger partial charge in [-0.25, -0.2) is 9.97 Å². The van der Waals surface area contributed by atoms with Crippen molar-refractivity contribution in [1.82, 2.24) is 14.9 Å². The Balaban J connectivity index is 1.44. The number of hydrogen-bond acceptors (Lipinski definition) is 7. The lowest BCUT2D eigenvalue weighted by atomic mass is 10.1. The Hall–Kier alpha value is -3.33. The average Bonchev–Trinajstić information content (AvgIpc) is 3.24. The third-order valence-corrected chi connectivity index (χ3v) is 5.46. The van der Waals surface area contributed by atoms with Crippen molar-refractivity contribution in [2.75, 3.05) is 31.1 Å². The van der Waals surface area contributed by atoms with Crippen LogP contribution in [-0.4, -0.2) is 51.9 Å². The maximum absolute atomic E-state index is 13.0. The van der Waals surface area contributed by atoms with Crippen LogP contribution in [0.15, 0.2) is 54.2 Å². The molecule has 1 aromatic carbocycles. The van der Waals surface area contributed by atoms with Gasteiger partial charge in [-0.3, -0.25) is 14.9 Å². The Bertz CT molecular complexity index is 982. The molecule has 0 saturated carbocycles. The molecule has 4 rings (SSSR count). The van der Waals surface area contributed by atoms with Crippen LogP contribution in [0.5, 0.6) is 0 Å². The number of anilines is 1. The smallest absolute Gasteiger partial charge is 0.287 e. The van der Waals surface area contributed by atoms with E-state index in [1.54, 1.807) is 11.6 Å². The molecule has 3 heterocycles.